The number of thioether (sulfide) groups is 1. The maximum absolute atomic E-state index is 12.2. The van der Waals surface area contributed by atoms with E-state index in [2.05, 4.69) is 23.3 Å². The molecule has 0 aromatic carbocycles. The van der Waals surface area contributed by atoms with Gasteiger partial charge in [0.05, 0.1) is 6.04 Å². The van der Waals surface area contributed by atoms with Crippen molar-refractivity contribution in [2.75, 3.05) is 24.3 Å². The minimum Gasteiger partial charge on any atom is -0.480 e. The summed E-state index contributed by atoms with van der Waals surface area (Å²) in [5.41, 5.74) is 11.2. The Kier molecular flexibility index (Phi) is 12.8. The first-order chi connectivity index (χ1) is 11.4. The summed E-state index contributed by atoms with van der Waals surface area (Å²) in [7, 11) is 0. The van der Waals surface area contributed by atoms with Gasteiger partial charge in [0.25, 0.3) is 0 Å². The van der Waals surface area contributed by atoms with Crippen LogP contribution in [0.15, 0.2) is 0 Å². The number of rotatable bonds is 13. The van der Waals surface area contributed by atoms with Crippen LogP contribution in [0, 0.1) is 0 Å². The second-order valence-electron chi connectivity index (χ2n) is 5.32. The molecule has 3 atom stereocenters. The number of hydrogen-bond acceptors (Lipinski definition) is 7. The largest absolute Gasteiger partial charge is 0.480 e. The first kappa shape index (κ1) is 23.0. The van der Waals surface area contributed by atoms with Crippen molar-refractivity contribution in [2.24, 2.45) is 11.5 Å². The van der Waals surface area contributed by atoms with Gasteiger partial charge in [0.2, 0.25) is 11.8 Å². The van der Waals surface area contributed by atoms with E-state index in [0.29, 0.717) is 25.1 Å². The van der Waals surface area contributed by atoms with Crippen molar-refractivity contribution >= 4 is 42.2 Å². The standard InChI is InChI=1S/C14H28N4O4S2/c1-24-7-5-10(14(21)22)17-13(20)11(8-23)18-12(19)9(16)4-2-3-6-15/h9-11,23H,2-8,15-16H2,1H3,(H,17,20)(H,18,19)(H,21,22). The number of hydrogen-bond donors (Lipinski definition) is 6. The molecule has 0 aliphatic carbocycles. The zero-order valence-corrected chi connectivity index (χ0v) is 15.6. The molecule has 24 heavy (non-hydrogen) atoms. The van der Waals surface area contributed by atoms with Crippen LogP contribution in [0.2, 0.25) is 0 Å². The number of amides is 2. The molecule has 0 aliphatic heterocycles. The van der Waals surface area contributed by atoms with Crippen molar-refractivity contribution in [1.29, 1.82) is 0 Å². The summed E-state index contributed by atoms with van der Waals surface area (Å²) in [6.07, 6.45) is 4.11. The van der Waals surface area contributed by atoms with E-state index >= 15 is 0 Å². The summed E-state index contributed by atoms with van der Waals surface area (Å²) in [6, 6.07) is -2.67. The predicted octanol–water partition coefficient (Wildman–Crippen LogP) is -0.820. The monoisotopic (exact) mass is 380 g/mol. The van der Waals surface area contributed by atoms with E-state index < -0.39 is 35.9 Å². The van der Waals surface area contributed by atoms with Crippen LogP contribution < -0.4 is 22.1 Å². The molecule has 140 valence electrons. The lowest BCUT2D eigenvalue weighted by Gasteiger charge is -2.21. The Morgan fingerprint density at radius 2 is 1.75 bits per heavy atom. The van der Waals surface area contributed by atoms with Gasteiger partial charge in [0.15, 0.2) is 0 Å². The zero-order valence-electron chi connectivity index (χ0n) is 13.9. The molecule has 0 spiro atoms. The molecule has 0 rings (SSSR count). The molecule has 3 unspecified atom stereocenters. The van der Waals surface area contributed by atoms with E-state index in [-0.39, 0.29) is 5.75 Å². The summed E-state index contributed by atoms with van der Waals surface area (Å²) >= 11 is 5.53. The predicted molar refractivity (Wildman–Crippen MR) is 99.2 cm³/mol. The molecule has 0 saturated heterocycles. The van der Waals surface area contributed by atoms with Crippen molar-refractivity contribution in [3.05, 3.63) is 0 Å². The number of carboxylic acids is 1. The number of nitrogens with two attached hydrogens (primary N) is 2. The van der Waals surface area contributed by atoms with Gasteiger partial charge in [-0.2, -0.15) is 24.4 Å². The highest BCUT2D eigenvalue weighted by atomic mass is 32.2. The first-order valence-corrected chi connectivity index (χ1v) is 9.79. The minimum absolute atomic E-state index is 0.0436. The van der Waals surface area contributed by atoms with Crippen LogP contribution in [0.5, 0.6) is 0 Å². The van der Waals surface area contributed by atoms with Gasteiger partial charge in [-0.1, -0.05) is 6.42 Å². The average molecular weight is 381 g/mol. The number of aliphatic carboxylic acids is 1. The van der Waals surface area contributed by atoms with Gasteiger partial charge in [-0.25, -0.2) is 4.79 Å². The highest BCUT2D eigenvalue weighted by Gasteiger charge is 2.26. The van der Waals surface area contributed by atoms with Crippen LogP contribution in [-0.2, 0) is 14.4 Å². The van der Waals surface area contributed by atoms with Gasteiger partial charge in [-0.3, -0.25) is 9.59 Å². The van der Waals surface area contributed by atoms with Crippen LogP contribution in [0.25, 0.3) is 0 Å². The fourth-order valence-electron chi connectivity index (χ4n) is 1.88. The Balaban J connectivity index is 4.56. The van der Waals surface area contributed by atoms with Crippen molar-refractivity contribution in [3.63, 3.8) is 0 Å². The molecule has 0 aromatic heterocycles. The maximum Gasteiger partial charge on any atom is 0.326 e. The number of thiol groups is 1. The van der Waals surface area contributed by atoms with Crippen molar-refractivity contribution < 1.29 is 19.5 Å². The van der Waals surface area contributed by atoms with Gasteiger partial charge in [-0.15, -0.1) is 0 Å². The summed E-state index contributed by atoms with van der Waals surface area (Å²) in [6.45, 7) is 0.530. The molecular formula is C14H28N4O4S2. The lowest BCUT2D eigenvalue weighted by molar-refractivity contribution is -0.142. The van der Waals surface area contributed by atoms with E-state index in [1.54, 1.807) is 0 Å². The number of carboxylic acid groups (broad SMARTS) is 1. The van der Waals surface area contributed by atoms with Gasteiger partial charge in [0.1, 0.15) is 12.1 Å². The lowest BCUT2D eigenvalue weighted by Crippen LogP contribution is -2.55. The summed E-state index contributed by atoms with van der Waals surface area (Å²) < 4.78 is 0. The van der Waals surface area contributed by atoms with Crippen LogP contribution in [0.1, 0.15) is 25.7 Å². The van der Waals surface area contributed by atoms with E-state index in [0.717, 1.165) is 12.8 Å². The van der Waals surface area contributed by atoms with Crippen LogP contribution >= 0.6 is 24.4 Å². The van der Waals surface area contributed by atoms with Gasteiger partial charge >= 0.3 is 5.97 Å². The topological polar surface area (TPSA) is 148 Å². The molecule has 7 N–H and O–H groups in total. The van der Waals surface area contributed by atoms with Crippen LogP contribution in [-0.4, -0.2) is 65.3 Å². The van der Waals surface area contributed by atoms with Gasteiger partial charge in [0, 0.05) is 5.75 Å². The van der Waals surface area contributed by atoms with Crippen molar-refractivity contribution in [1.82, 2.24) is 10.6 Å². The highest BCUT2D eigenvalue weighted by molar-refractivity contribution is 7.98. The Morgan fingerprint density at radius 1 is 1.12 bits per heavy atom. The molecule has 10 heteroatoms. The molecule has 0 aliphatic rings. The molecule has 0 heterocycles. The normalized spacial score (nSPS) is 14.5. The minimum atomic E-state index is -1.11. The first-order valence-electron chi connectivity index (χ1n) is 7.76. The molecule has 0 fully saturated rings. The maximum atomic E-state index is 12.2. The summed E-state index contributed by atoms with van der Waals surface area (Å²) in [5, 5.41) is 14.1. The van der Waals surface area contributed by atoms with Crippen molar-refractivity contribution in [2.45, 2.75) is 43.8 Å². The van der Waals surface area contributed by atoms with E-state index in [9.17, 15) is 14.4 Å². The number of unbranched alkanes of at least 4 members (excludes halogenated alkanes) is 1. The van der Waals surface area contributed by atoms with E-state index in [1.807, 2.05) is 6.26 Å². The number of carbonyl (C=O) groups excluding carboxylic acids is 2. The molecule has 0 radical (unpaired) electrons. The third kappa shape index (κ3) is 9.36. The Labute approximate surface area is 152 Å². The van der Waals surface area contributed by atoms with Crippen LogP contribution in [0.3, 0.4) is 0 Å². The molecule has 0 bridgehead atoms. The van der Waals surface area contributed by atoms with E-state index in [1.165, 1.54) is 11.8 Å². The fourth-order valence-corrected chi connectivity index (χ4v) is 2.61. The van der Waals surface area contributed by atoms with Gasteiger partial charge in [-0.05, 0) is 37.8 Å². The van der Waals surface area contributed by atoms with E-state index in [4.69, 9.17) is 16.6 Å². The fraction of sp³-hybridized carbons (Fsp3) is 0.786. The third-order valence-corrected chi connectivity index (χ3v) is 4.36. The second kappa shape index (κ2) is 13.3. The van der Waals surface area contributed by atoms with Gasteiger partial charge < -0.3 is 27.2 Å². The highest BCUT2D eigenvalue weighted by Crippen LogP contribution is 2.03. The molecule has 8 nitrogen and oxygen atoms in total. The lowest BCUT2D eigenvalue weighted by atomic mass is 10.1. The zero-order chi connectivity index (χ0) is 18.5. The third-order valence-electron chi connectivity index (χ3n) is 3.35. The van der Waals surface area contributed by atoms with Crippen LogP contribution in [0.4, 0.5) is 0 Å². The summed E-state index contributed by atoms with van der Waals surface area (Å²) in [5.74, 6) is -1.51. The number of carbonyl (C=O) groups is 3. The molecule has 0 aromatic rings. The number of nitrogens with one attached hydrogen (secondary N) is 2. The molecular weight excluding hydrogens is 352 g/mol. The summed E-state index contributed by atoms with van der Waals surface area (Å²) in [4.78, 5) is 35.3. The quantitative estimate of drug-likeness (QED) is 0.181. The Hall–Kier alpha value is -0.970. The molecule has 2 amide bonds. The Bertz CT molecular complexity index is 412. The van der Waals surface area contributed by atoms with Crippen molar-refractivity contribution in [3.8, 4) is 0 Å². The SMILES string of the molecule is CSCCC(NC(=O)C(CS)NC(=O)C(N)CCCCN)C(=O)O. The average Bonchev–Trinajstić information content (AvgIpc) is 2.55. The molecule has 0 saturated carbocycles. The second-order valence-corrected chi connectivity index (χ2v) is 6.67. The Morgan fingerprint density at radius 3 is 2.25 bits per heavy atom. The smallest absolute Gasteiger partial charge is 0.326 e.